The fourth-order valence-electron chi connectivity index (χ4n) is 2.43. The van der Waals surface area contributed by atoms with Gasteiger partial charge >= 0.3 is 0 Å². The second kappa shape index (κ2) is 5.25. The van der Waals surface area contributed by atoms with Gasteiger partial charge in [-0.05, 0) is 31.9 Å². The van der Waals surface area contributed by atoms with Gasteiger partial charge in [0, 0.05) is 17.1 Å². The Labute approximate surface area is 122 Å². The van der Waals surface area contributed by atoms with E-state index in [4.69, 9.17) is 0 Å². The predicted octanol–water partition coefficient (Wildman–Crippen LogP) is 2.76. The monoisotopic (exact) mass is 287 g/mol. The van der Waals surface area contributed by atoms with Crippen molar-refractivity contribution in [2.75, 3.05) is 23.3 Å². The van der Waals surface area contributed by atoms with Crippen molar-refractivity contribution in [2.45, 2.75) is 20.3 Å². The lowest BCUT2D eigenvalue weighted by Gasteiger charge is -2.18. The molecule has 5 heteroatoms. The van der Waals surface area contributed by atoms with Gasteiger partial charge in [0.15, 0.2) is 5.13 Å². The number of hydrogen-bond acceptors (Lipinski definition) is 4. The molecular weight excluding hydrogens is 270 g/mol. The van der Waals surface area contributed by atoms with Crippen LogP contribution in [-0.4, -0.2) is 24.0 Å². The Balaban J connectivity index is 1.65. The highest BCUT2D eigenvalue weighted by molar-refractivity contribution is 7.15. The number of aryl methyl sites for hydroxylation is 2. The first-order chi connectivity index (χ1) is 9.63. The standard InChI is InChI=1S/C15H17N3OS/c1-10-11(2)20-15(16-10)17-14(19)9-18-8-7-12-5-3-4-6-13(12)18/h3-6H,7-9H2,1-2H3,(H,16,17,19). The van der Waals surface area contributed by atoms with E-state index in [1.165, 1.54) is 22.6 Å². The van der Waals surface area contributed by atoms with Crippen LogP contribution in [0.5, 0.6) is 0 Å². The van der Waals surface area contributed by atoms with E-state index >= 15 is 0 Å². The fourth-order valence-corrected chi connectivity index (χ4v) is 3.26. The van der Waals surface area contributed by atoms with E-state index in [0.717, 1.165) is 23.5 Å². The Morgan fingerprint density at radius 1 is 1.40 bits per heavy atom. The van der Waals surface area contributed by atoms with Crippen molar-refractivity contribution in [1.82, 2.24) is 4.98 Å². The summed E-state index contributed by atoms with van der Waals surface area (Å²) >= 11 is 1.52. The van der Waals surface area contributed by atoms with Crippen LogP contribution in [-0.2, 0) is 11.2 Å². The molecule has 20 heavy (non-hydrogen) atoms. The van der Waals surface area contributed by atoms with E-state index in [1.807, 2.05) is 26.0 Å². The maximum atomic E-state index is 12.1. The van der Waals surface area contributed by atoms with Gasteiger partial charge in [-0.2, -0.15) is 0 Å². The number of anilines is 2. The SMILES string of the molecule is Cc1nc(NC(=O)CN2CCc3ccccc32)sc1C. The maximum absolute atomic E-state index is 12.1. The number of thiazole rings is 1. The van der Waals surface area contributed by atoms with Crippen LogP contribution in [0.4, 0.5) is 10.8 Å². The minimum absolute atomic E-state index is 0.00421. The number of benzene rings is 1. The molecule has 1 aromatic carbocycles. The van der Waals surface area contributed by atoms with E-state index in [-0.39, 0.29) is 5.91 Å². The van der Waals surface area contributed by atoms with Gasteiger partial charge in [-0.3, -0.25) is 4.79 Å². The summed E-state index contributed by atoms with van der Waals surface area (Å²) in [5.74, 6) is -0.00421. The lowest BCUT2D eigenvalue weighted by molar-refractivity contribution is -0.115. The average Bonchev–Trinajstić information content (AvgIpc) is 2.95. The van der Waals surface area contributed by atoms with E-state index in [9.17, 15) is 4.79 Å². The smallest absolute Gasteiger partial charge is 0.245 e. The third-order valence-electron chi connectivity index (χ3n) is 3.59. The Hall–Kier alpha value is -1.88. The molecule has 0 unspecified atom stereocenters. The number of nitrogens with one attached hydrogen (secondary N) is 1. The average molecular weight is 287 g/mol. The molecule has 0 atom stereocenters. The number of rotatable bonds is 3. The number of hydrogen-bond donors (Lipinski definition) is 1. The molecule has 0 spiro atoms. The molecule has 1 N–H and O–H groups in total. The Bertz CT molecular complexity index is 631. The molecule has 1 amide bonds. The first kappa shape index (κ1) is 13.1. The summed E-state index contributed by atoms with van der Waals surface area (Å²) < 4.78 is 0. The second-order valence-corrected chi connectivity index (χ2v) is 6.21. The highest BCUT2D eigenvalue weighted by Gasteiger charge is 2.20. The predicted molar refractivity (Wildman–Crippen MR) is 82.6 cm³/mol. The zero-order valence-electron chi connectivity index (χ0n) is 11.6. The van der Waals surface area contributed by atoms with Crippen molar-refractivity contribution in [1.29, 1.82) is 0 Å². The molecule has 4 nitrogen and oxygen atoms in total. The first-order valence-corrected chi connectivity index (χ1v) is 7.52. The molecule has 1 aromatic heterocycles. The van der Waals surface area contributed by atoms with Gasteiger partial charge in [0.05, 0.1) is 12.2 Å². The molecule has 104 valence electrons. The lowest BCUT2D eigenvalue weighted by Crippen LogP contribution is -2.31. The second-order valence-electron chi connectivity index (χ2n) is 5.01. The minimum atomic E-state index is -0.00421. The van der Waals surface area contributed by atoms with Crippen LogP contribution in [0.3, 0.4) is 0 Å². The van der Waals surface area contributed by atoms with Gasteiger partial charge in [-0.1, -0.05) is 18.2 Å². The van der Waals surface area contributed by atoms with Crippen LogP contribution >= 0.6 is 11.3 Å². The van der Waals surface area contributed by atoms with E-state index in [2.05, 4.69) is 27.3 Å². The normalized spacial score (nSPS) is 13.4. The highest BCUT2D eigenvalue weighted by Crippen LogP contribution is 2.27. The molecule has 1 aliphatic rings. The summed E-state index contributed by atoms with van der Waals surface area (Å²) in [6, 6.07) is 8.26. The summed E-state index contributed by atoms with van der Waals surface area (Å²) in [6.45, 7) is 5.26. The zero-order chi connectivity index (χ0) is 14.1. The van der Waals surface area contributed by atoms with Crippen LogP contribution in [0.2, 0.25) is 0 Å². The first-order valence-electron chi connectivity index (χ1n) is 6.70. The molecule has 0 saturated heterocycles. The molecule has 1 aliphatic heterocycles. The number of fused-ring (bicyclic) bond motifs is 1. The fraction of sp³-hybridized carbons (Fsp3) is 0.333. The van der Waals surface area contributed by atoms with Gasteiger partial charge in [0.1, 0.15) is 0 Å². The number of amides is 1. The third-order valence-corrected chi connectivity index (χ3v) is 4.58. The quantitative estimate of drug-likeness (QED) is 0.944. The molecule has 2 aromatic rings. The highest BCUT2D eigenvalue weighted by atomic mass is 32.1. The van der Waals surface area contributed by atoms with Gasteiger partial charge in [-0.25, -0.2) is 4.98 Å². The largest absolute Gasteiger partial charge is 0.362 e. The molecule has 0 bridgehead atoms. The number of carbonyl (C=O) groups is 1. The number of nitrogens with zero attached hydrogens (tertiary/aromatic N) is 2. The Morgan fingerprint density at radius 2 is 2.20 bits per heavy atom. The van der Waals surface area contributed by atoms with Crippen molar-refractivity contribution in [2.24, 2.45) is 0 Å². The van der Waals surface area contributed by atoms with E-state index in [0.29, 0.717) is 11.7 Å². The molecular formula is C15H17N3OS. The van der Waals surface area contributed by atoms with Gasteiger partial charge in [0.2, 0.25) is 5.91 Å². The topological polar surface area (TPSA) is 45.2 Å². The summed E-state index contributed by atoms with van der Waals surface area (Å²) in [7, 11) is 0. The van der Waals surface area contributed by atoms with Crippen LogP contribution in [0.1, 0.15) is 16.1 Å². The van der Waals surface area contributed by atoms with Crippen molar-refractivity contribution in [3.05, 3.63) is 40.4 Å². The van der Waals surface area contributed by atoms with Gasteiger partial charge in [-0.15, -0.1) is 11.3 Å². The van der Waals surface area contributed by atoms with Crippen molar-refractivity contribution in [3.8, 4) is 0 Å². The molecule has 0 aliphatic carbocycles. The molecule has 0 radical (unpaired) electrons. The van der Waals surface area contributed by atoms with Crippen molar-refractivity contribution in [3.63, 3.8) is 0 Å². The zero-order valence-corrected chi connectivity index (χ0v) is 12.5. The Morgan fingerprint density at radius 3 is 2.95 bits per heavy atom. The van der Waals surface area contributed by atoms with Crippen LogP contribution < -0.4 is 10.2 Å². The van der Waals surface area contributed by atoms with Crippen LogP contribution in [0.15, 0.2) is 24.3 Å². The van der Waals surface area contributed by atoms with Crippen LogP contribution in [0.25, 0.3) is 0 Å². The third kappa shape index (κ3) is 2.54. The minimum Gasteiger partial charge on any atom is -0.362 e. The van der Waals surface area contributed by atoms with Crippen LogP contribution in [0, 0.1) is 13.8 Å². The van der Waals surface area contributed by atoms with Crippen molar-refractivity contribution >= 4 is 28.1 Å². The number of carbonyl (C=O) groups excluding carboxylic acids is 1. The van der Waals surface area contributed by atoms with Gasteiger partial charge < -0.3 is 10.2 Å². The Kier molecular flexibility index (Phi) is 3.44. The molecule has 0 saturated carbocycles. The van der Waals surface area contributed by atoms with Crippen molar-refractivity contribution < 1.29 is 4.79 Å². The summed E-state index contributed by atoms with van der Waals surface area (Å²) in [6.07, 6.45) is 1.01. The number of para-hydroxylation sites is 1. The number of aromatic nitrogens is 1. The summed E-state index contributed by atoms with van der Waals surface area (Å²) in [5.41, 5.74) is 3.48. The summed E-state index contributed by atoms with van der Waals surface area (Å²) in [5, 5.41) is 3.58. The maximum Gasteiger partial charge on any atom is 0.245 e. The van der Waals surface area contributed by atoms with E-state index < -0.39 is 0 Å². The van der Waals surface area contributed by atoms with E-state index in [1.54, 1.807) is 0 Å². The lowest BCUT2D eigenvalue weighted by atomic mass is 10.2. The molecule has 3 rings (SSSR count). The molecule has 0 fully saturated rings. The molecule has 2 heterocycles. The van der Waals surface area contributed by atoms with Gasteiger partial charge in [0.25, 0.3) is 0 Å². The summed E-state index contributed by atoms with van der Waals surface area (Å²) in [4.78, 5) is 19.7.